The van der Waals surface area contributed by atoms with Crippen LogP contribution in [0.15, 0.2) is 30.3 Å². The third kappa shape index (κ3) is 10.5. The van der Waals surface area contributed by atoms with Crippen molar-refractivity contribution in [3.63, 3.8) is 0 Å². The summed E-state index contributed by atoms with van der Waals surface area (Å²) in [5, 5.41) is 19.1. The molecule has 0 bridgehead atoms. The van der Waals surface area contributed by atoms with Crippen molar-refractivity contribution in [3.05, 3.63) is 35.9 Å². The molecule has 0 radical (unpaired) electrons. The molecule has 0 spiro atoms. The number of carbonyl (C=O) groups is 5. The summed E-state index contributed by atoms with van der Waals surface area (Å²) in [6.45, 7) is 10.7. The van der Waals surface area contributed by atoms with Gasteiger partial charge in [-0.05, 0) is 66.4 Å². The van der Waals surface area contributed by atoms with Crippen LogP contribution in [0, 0.1) is 0 Å². The molecule has 1 unspecified atom stereocenters. The van der Waals surface area contributed by atoms with E-state index < -0.39 is 65.6 Å². The average molecular weight is 562 g/mol. The van der Waals surface area contributed by atoms with Crippen molar-refractivity contribution >= 4 is 29.7 Å². The standard InChI is InChI=1S/C28H43N5O7/c1-27(2,3)32-24(37)20-13-10-14-33(20)25(38)22(35)18(15-17-11-8-7-9-12-17)30-23(36)19(16-21(29)34)31-26(39)40-28(4,5)6/h7-9,11-12,18-20,22,35H,10,13-16H2,1-6H3,(H2,29,34)(H,30,36)(H,31,39)(H,32,37)/t18-,19-,20-,22?/m0/s1. The van der Waals surface area contributed by atoms with Crippen molar-refractivity contribution in [1.29, 1.82) is 0 Å². The van der Waals surface area contributed by atoms with E-state index in [0.717, 1.165) is 5.56 Å². The number of primary amides is 1. The van der Waals surface area contributed by atoms with E-state index in [4.69, 9.17) is 10.5 Å². The van der Waals surface area contributed by atoms with Crippen molar-refractivity contribution in [2.45, 2.75) is 103 Å². The van der Waals surface area contributed by atoms with E-state index >= 15 is 0 Å². The maximum absolute atomic E-state index is 13.5. The third-order valence-electron chi connectivity index (χ3n) is 6.01. The fraction of sp³-hybridized carbons (Fsp3) is 0.607. The quantitative estimate of drug-likeness (QED) is 0.279. The SMILES string of the molecule is CC(C)(C)NC(=O)[C@@H]1CCCN1C(=O)C(O)[C@H](Cc1ccccc1)NC(=O)[C@H](CC(N)=O)NC(=O)OC(C)(C)C. The van der Waals surface area contributed by atoms with Crippen molar-refractivity contribution in [3.8, 4) is 0 Å². The zero-order valence-electron chi connectivity index (χ0n) is 24.2. The number of aliphatic hydroxyl groups is 1. The Labute approximate surface area is 235 Å². The molecule has 1 aromatic rings. The molecule has 1 fully saturated rings. The van der Waals surface area contributed by atoms with Gasteiger partial charge < -0.3 is 36.4 Å². The highest BCUT2D eigenvalue weighted by molar-refractivity contribution is 5.93. The predicted molar refractivity (Wildman–Crippen MR) is 148 cm³/mol. The summed E-state index contributed by atoms with van der Waals surface area (Å²) in [6, 6.07) is 5.57. The number of nitrogens with one attached hydrogen (secondary N) is 3. The van der Waals surface area contributed by atoms with Gasteiger partial charge in [-0.2, -0.15) is 0 Å². The average Bonchev–Trinajstić information content (AvgIpc) is 3.30. The van der Waals surface area contributed by atoms with Crippen LogP contribution < -0.4 is 21.7 Å². The van der Waals surface area contributed by atoms with Gasteiger partial charge in [-0.3, -0.25) is 19.2 Å². The lowest BCUT2D eigenvalue weighted by Gasteiger charge is -2.32. The van der Waals surface area contributed by atoms with E-state index in [-0.39, 0.29) is 18.9 Å². The highest BCUT2D eigenvalue weighted by atomic mass is 16.6. The zero-order valence-corrected chi connectivity index (χ0v) is 24.2. The Bertz CT molecular complexity index is 1070. The molecule has 1 aromatic carbocycles. The van der Waals surface area contributed by atoms with Crippen molar-refractivity contribution in [2.75, 3.05) is 6.54 Å². The maximum atomic E-state index is 13.5. The minimum Gasteiger partial charge on any atom is -0.444 e. The first kappa shape index (κ1) is 32.5. The Kier molecular flexibility index (Phi) is 11.1. The first-order valence-electron chi connectivity index (χ1n) is 13.4. The molecular weight excluding hydrogens is 518 g/mol. The summed E-state index contributed by atoms with van der Waals surface area (Å²) in [5.74, 6) is -2.71. The van der Waals surface area contributed by atoms with E-state index in [1.165, 1.54) is 4.90 Å². The Balaban J connectivity index is 2.28. The zero-order chi connectivity index (χ0) is 30.3. The minimum absolute atomic E-state index is 0.0575. The van der Waals surface area contributed by atoms with Gasteiger partial charge in [0.1, 0.15) is 17.7 Å². The number of ether oxygens (including phenoxy) is 1. The third-order valence-corrected chi connectivity index (χ3v) is 6.01. The molecular formula is C28H43N5O7. The number of hydrogen-bond acceptors (Lipinski definition) is 7. The fourth-order valence-electron chi connectivity index (χ4n) is 4.35. The smallest absolute Gasteiger partial charge is 0.408 e. The molecule has 0 aromatic heterocycles. The Morgan fingerprint density at radius 1 is 1.05 bits per heavy atom. The molecule has 4 atom stereocenters. The summed E-state index contributed by atoms with van der Waals surface area (Å²) in [5.41, 5.74) is 4.66. The number of likely N-dealkylation sites (tertiary alicyclic amines) is 1. The maximum Gasteiger partial charge on any atom is 0.408 e. The molecule has 1 heterocycles. The van der Waals surface area contributed by atoms with Crippen molar-refractivity contribution in [1.82, 2.24) is 20.9 Å². The largest absolute Gasteiger partial charge is 0.444 e. The van der Waals surface area contributed by atoms with Crippen LogP contribution in [-0.2, 0) is 30.3 Å². The molecule has 5 amide bonds. The van der Waals surface area contributed by atoms with Crippen molar-refractivity contribution in [2.24, 2.45) is 5.73 Å². The van der Waals surface area contributed by atoms with Gasteiger partial charge in [0, 0.05) is 12.1 Å². The number of amides is 5. The van der Waals surface area contributed by atoms with Crippen LogP contribution in [0.2, 0.25) is 0 Å². The lowest BCUT2D eigenvalue weighted by molar-refractivity contribution is -0.147. The molecule has 222 valence electrons. The van der Waals surface area contributed by atoms with E-state index in [1.807, 2.05) is 20.8 Å². The van der Waals surface area contributed by atoms with Crippen LogP contribution in [0.4, 0.5) is 4.79 Å². The Hall–Kier alpha value is -3.67. The topological polar surface area (TPSA) is 180 Å². The first-order chi connectivity index (χ1) is 18.5. The molecule has 0 saturated carbocycles. The van der Waals surface area contributed by atoms with Gasteiger partial charge in [-0.1, -0.05) is 30.3 Å². The second kappa shape index (κ2) is 13.6. The van der Waals surface area contributed by atoms with Crippen molar-refractivity contribution < 1.29 is 33.8 Å². The van der Waals surface area contributed by atoms with Crippen LogP contribution in [0.3, 0.4) is 0 Å². The van der Waals surface area contributed by atoms with Crippen LogP contribution in [0.1, 0.15) is 66.4 Å². The molecule has 2 rings (SSSR count). The summed E-state index contributed by atoms with van der Waals surface area (Å²) in [7, 11) is 0. The molecule has 12 nitrogen and oxygen atoms in total. The molecule has 6 N–H and O–H groups in total. The number of rotatable bonds is 10. The Morgan fingerprint density at radius 3 is 2.23 bits per heavy atom. The van der Waals surface area contributed by atoms with Crippen LogP contribution >= 0.6 is 0 Å². The summed E-state index contributed by atoms with van der Waals surface area (Å²) >= 11 is 0. The summed E-state index contributed by atoms with van der Waals surface area (Å²) in [4.78, 5) is 65.0. The second-order valence-corrected chi connectivity index (χ2v) is 12.0. The highest BCUT2D eigenvalue weighted by Crippen LogP contribution is 2.21. The normalized spacial score (nSPS) is 17.8. The number of benzene rings is 1. The number of aliphatic hydroxyl groups excluding tert-OH is 1. The summed E-state index contributed by atoms with van der Waals surface area (Å²) in [6.07, 6.45) is -2.11. The molecule has 0 aliphatic carbocycles. The monoisotopic (exact) mass is 561 g/mol. The lowest BCUT2D eigenvalue weighted by Crippen LogP contribution is -2.59. The van der Waals surface area contributed by atoms with Crippen LogP contribution in [0.25, 0.3) is 0 Å². The minimum atomic E-state index is -1.72. The molecule has 40 heavy (non-hydrogen) atoms. The van der Waals surface area contributed by atoms with Gasteiger partial charge in [0.2, 0.25) is 17.7 Å². The highest BCUT2D eigenvalue weighted by Gasteiger charge is 2.41. The van der Waals surface area contributed by atoms with Crippen LogP contribution in [0.5, 0.6) is 0 Å². The number of alkyl carbamates (subject to hydrolysis) is 1. The fourth-order valence-corrected chi connectivity index (χ4v) is 4.35. The number of nitrogens with zero attached hydrogens (tertiary/aromatic N) is 1. The summed E-state index contributed by atoms with van der Waals surface area (Å²) < 4.78 is 5.19. The molecule has 1 aliphatic heterocycles. The van der Waals surface area contributed by atoms with Gasteiger partial charge in [0.15, 0.2) is 6.10 Å². The van der Waals surface area contributed by atoms with Gasteiger partial charge in [-0.25, -0.2) is 4.79 Å². The van der Waals surface area contributed by atoms with Gasteiger partial charge in [0.25, 0.3) is 5.91 Å². The predicted octanol–water partition coefficient (Wildman–Crippen LogP) is 0.749. The van der Waals surface area contributed by atoms with Gasteiger partial charge in [-0.15, -0.1) is 0 Å². The molecule has 1 aliphatic rings. The van der Waals surface area contributed by atoms with E-state index in [9.17, 15) is 29.1 Å². The number of nitrogens with two attached hydrogens (primary N) is 1. The van der Waals surface area contributed by atoms with Gasteiger partial charge >= 0.3 is 6.09 Å². The van der Waals surface area contributed by atoms with Gasteiger partial charge in [0.05, 0.1) is 12.5 Å². The van der Waals surface area contributed by atoms with Crippen LogP contribution in [-0.4, -0.2) is 81.6 Å². The lowest BCUT2D eigenvalue weighted by atomic mass is 9.99. The Morgan fingerprint density at radius 2 is 1.68 bits per heavy atom. The number of carbonyl (C=O) groups excluding carboxylic acids is 5. The van der Waals surface area contributed by atoms with E-state index in [0.29, 0.717) is 12.8 Å². The first-order valence-corrected chi connectivity index (χ1v) is 13.4. The van der Waals surface area contributed by atoms with E-state index in [2.05, 4.69) is 16.0 Å². The molecule has 12 heteroatoms. The molecule has 1 saturated heterocycles. The second-order valence-electron chi connectivity index (χ2n) is 12.0. The van der Waals surface area contributed by atoms with E-state index in [1.54, 1.807) is 51.1 Å². The number of hydrogen-bond donors (Lipinski definition) is 5.